The summed E-state index contributed by atoms with van der Waals surface area (Å²) in [6, 6.07) is 18.6. The molecular formula is C23H20BrIN2O4. The van der Waals surface area contributed by atoms with E-state index in [2.05, 4.69) is 49.0 Å². The van der Waals surface area contributed by atoms with E-state index in [0.717, 1.165) is 19.2 Å². The first-order valence-corrected chi connectivity index (χ1v) is 11.1. The lowest BCUT2D eigenvalue weighted by Crippen LogP contribution is -2.18. The van der Waals surface area contributed by atoms with Crippen molar-refractivity contribution in [2.75, 3.05) is 14.2 Å². The fourth-order valence-corrected chi connectivity index (χ4v) is 3.79. The summed E-state index contributed by atoms with van der Waals surface area (Å²) in [7, 11) is 3.10. The van der Waals surface area contributed by atoms with E-state index in [0.29, 0.717) is 29.4 Å². The van der Waals surface area contributed by atoms with Crippen LogP contribution in [0.1, 0.15) is 21.5 Å². The number of halogens is 2. The first-order chi connectivity index (χ1) is 15.0. The second-order valence-corrected chi connectivity index (χ2v) is 8.43. The van der Waals surface area contributed by atoms with Crippen molar-refractivity contribution in [1.29, 1.82) is 0 Å². The molecule has 1 N–H and O–H groups in total. The van der Waals surface area contributed by atoms with Gasteiger partial charge >= 0.3 is 0 Å². The number of hydrogen-bond acceptors (Lipinski definition) is 5. The Hall–Kier alpha value is -2.59. The Morgan fingerprint density at radius 3 is 2.48 bits per heavy atom. The highest BCUT2D eigenvalue weighted by molar-refractivity contribution is 14.1. The van der Waals surface area contributed by atoms with Gasteiger partial charge in [-0.3, -0.25) is 4.79 Å². The molecule has 0 saturated carbocycles. The van der Waals surface area contributed by atoms with Gasteiger partial charge in [0.2, 0.25) is 0 Å². The van der Waals surface area contributed by atoms with Crippen molar-refractivity contribution in [2.24, 2.45) is 5.10 Å². The van der Waals surface area contributed by atoms with Crippen LogP contribution in [0.25, 0.3) is 0 Å². The lowest BCUT2D eigenvalue weighted by molar-refractivity contribution is 0.0952. The Labute approximate surface area is 202 Å². The van der Waals surface area contributed by atoms with Crippen molar-refractivity contribution < 1.29 is 19.0 Å². The van der Waals surface area contributed by atoms with Crippen LogP contribution in [0.4, 0.5) is 0 Å². The highest BCUT2D eigenvalue weighted by Gasteiger charge is 2.13. The zero-order chi connectivity index (χ0) is 22.2. The van der Waals surface area contributed by atoms with Gasteiger partial charge in [-0.2, -0.15) is 5.10 Å². The molecule has 3 rings (SSSR count). The normalized spacial score (nSPS) is 10.7. The number of amides is 1. The van der Waals surface area contributed by atoms with Crippen LogP contribution >= 0.6 is 38.5 Å². The third-order valence-corrected chi connectivity index (χ3v) is 5.61. The van der Waals surface area contributed by atoms with Crippen molar-refractivity contribution in [2.45, 2.75) is 6.61 Å². The van der Waals surface area contributed by atoms with Gasteiger partial charge in [0.25, 0.3) is 5.91 Å². The number of benzene rings is 3. The van der Waals surface area contributed by atoms with E-state index in [1.807, 2.05) is 30.3 Å². The fraction of sp³-hybridized carbons (Fsp3) is 0.130. The van der Waals surface area contributed by atoms with Gasteiger partial charge in [0.1, 0.15) is 12.4 Å². The maximum atomic E-state index is 12.3. The largest absolute Gasteiger partial charge is 0.496 e. The number of rotatable bonds is 8. The van der Waals surface area contributed by atoms with E-state index in [-0.39, 0.29) is 5.91 Å². The SMILES string of the molecule is COc1ccccc1C(=O)N/N=C/c1cc(I)c(OCc2ccc(Br)cc2)c(OC)c1. The van der Waals surface area contributed by atoms with Crippen LogP contribution < -0.4 is 19.6 Å². The molecule has 1 amide bonds. The molecule has 8 heteroatoms. The fourth-order valence-electron chi connectivity index (χ4n) is 2.75. The number of carbonyl (C=O) groups excluding carboxylic acids is 1. The van der Waals surface area contributed by atoms with E-state index in [9.17, 15) is 4.79 Å². The molecule has 0 fully saturated rings. The number of hydrogen-bond donors (Lipinski definition) is 1. The number of ether oxygens (including phenoxy) is 3. The summed E-state index contributed by atoms with van der Waals surface area (Å²) in [6.07, 6.45) is 1.55. The summed E-state index contributed by atoms with van der Waals surface area (Å²) in [6.45, 7) is 0.419. The molecule has 6 nitrogen and oxygen atoms in total. The number of hydrazone groups is 1. The second kappa shape index (κ2) is 11.1. The van der Waals surface area contributed by atoms with E-state index < -0.39 is 0 Å². The Morgan fingerprint density at radius 1 is 1.06 bits per heavy atom. The molecule has 0 bridgehead atoms. The molecule has 160 valence electrons. The number of nitrogens with one attached hydrogen (secondary N) is 1. The second-order valence-electron chi connectivity index (χ2n) is 6.35. The summed E-state index contributed by atoms with van der Waals surface area (Å²) in [5.41, 5.74) is 4.73. The van der Waals surface area contributed by atoms with E-state index in [4.69, 9.17) is 14.2 Å². The topological polar surface area (TPSA) is 69.2 Å². The van der Waals surface area contributed by atoms with Crippen molar-refractivity contribution in [1.82, 2.24) is 5.43 Å². The first-order valence-electron chi connectivity index (χ1n) is 9.23. The van der Waals surface area contributed by atoms with Gasteiger partial charge in [-0.1, -0.05) is 40.2 Å². The molecule has 0 saturated heterocycles. The summed E-state index contributed by atoms with van der Waals surface area (Å²) >= 11 is 5.62. The zero-order valence-electron chi connectivity index (χ0n) is 16.9. The standard InChI is InChI=1S/C23H20BrIN2O4/c1-29-20-6-4-3-5-18(20)23(28)27-26-13-16-11-19(25)22(21(12-16)30-2)31-14-15-7-9-17(24)10-8-15/h3-13H,14H2,1-2H3,(H,27,28)/b26-13+. The van der Waals surface area contributed by atoms with Crippen LogP contribution in [-0.2, 0) is 6.61 Å². The third kappa shape index (κ3) is 6.20. The van der Waals surface area contributed by atoms with Crippen LogP contribution in [0, 0.1) is 3.57 Å². The molecule has 0 aliphatic heterocycles. The minimum absolute atomic E-state index is 0.357. The highest BCUT2D eigenvalue weighted by Crippen LogP contribution is 2.34. The van der Waals surface area contributed by atoms with Gasteiger partial charge in [-0.05, 0) is 70.1 Å². The summed E-state index contributed by atoms with van der Waals surface area (Å²) < 4.78 is 18.6. The highest BCUT2D eigenvalue weighted by atomic mass is 127. The van der Waals surface area contributed by atoms with Gasteiger partial charge in [-0.15, -0.1) is 0 Å². The van der Waals surface area contributed by atoms with Gasteiger partial charge in [0, 0.05) is 4.47 Å². The lowest BCUT2D eigenvalue weighted by atomic mass is 10.2. The average molecular weight is 595 g/mol. The van der Waals surface area contributed by atoms with Crippen molar-refractivity contribution in [3.05, 3.63) is 85.4 Å². The van der Waals surface area contributed by atoms with Crippen LogP contribution in [0.3, 0.4) is 0 Å². The Morgan fingerprint density at radius 2 is 1.77 bits per heavy atom. The maximum absolute atomic E-state index is 12.3. The lowest BCUT2D eigenvalue weighted by Gasteiger charge is -2.13. The van der Waals surface area contributed by atoms with Crippen LogP contribution in [-0.4, -0.2) is 26.3 Å². The molecule has 0 heterocycles. The molecule has 0 aromatic heterocycles. The number of nitrogens with zero attached hydrogens (tertiary/aromatic N) is 1. The molecule has 0 aliphatic rings. The Balaban J connectivity index is 1.70. The maximum Gasteiger partial charge on any atom is 0.275 e. The van der Waals surface area contributed by atoms with Crippen LogP contribution in [0.15, 0.2) is 70.2 Å². The predicted molar refractivity (Wildman–Crippen MR) is 132 cm³/mol. The minimum Gasteiger partial charge on any atom is -0.496 e. The Kier molecular flexibility index (Phi) is 8.30. The summed E-state index contributed by atoms with van der Waals surface area (Å²) in [5, 5.41) is 4.06. The number of carbonyl (C=O) groups is 1. The van der Waals surface area contributed by atoms with E-state index in [1.165, 1.54) is 7.11 Å². The first kappa shape index (κ1) is 23.1. The van der Waals surface area contributed by atoms with Gasteiger partial charge < -0.3 is 14.2 Å². The molecule has 0 aliphatic carbocycles. The number of methoxy groups -OCH3 is 2. The van der Waals surface area contributed by atoms with E-state index in [1.54, 1.807) is 43.7 Å². The molecule has 31 heavy (non-hydrogen) atoms. The van der Waals surface area contributed by atoms with Crippen molar-refractivity contribution in [3.63, 3.8) is 0 Å². The quantitative estimate of drug-likeness (QED) is 0.215. The van der Waals surface area contributed by atoms with Gasteiger partial charge in [0.15, 0.2) is 11.5 Å². The summed E-state index contributed by atoms with van der Waals surface area (Å²) in [4.78, 5) is 12.3. The molecule has 0 spiro atoms. The van der Waals surface area contributed by atoms with Crippen molar-refractivity contribution >= 4 is 50.6 Å². The third-order valence-electron chi connectivity index (χ3n) is 4.28. The minimum atomic E-state index is -0.357. The molecule has 0 radical (unpaired) electrons. The van der Waals surface area contributed by atoms with Crippen molar-refractivity contribution in [3.8, 4) is 17.2 Å². The smallest absolute Gasteiger partial charge is 0.275 e. The van der Waals surface area contributed by atoms with Crippen LogP contribution in [0.2, 0.25) is 0 Å². The summed E-state index contributed by atoms with van der Waals surface area (Å²) in [5.74, 6) is 1.37. The Bertz CT molecular complexity index is 1090. The molecule has 3 aromatic rings. The predicted octanol–water partition coefficient (Wildman–Crippen LogP) is 5.41. The van der Waals surface area contributed by atoms with Crippen LogP contribution in [0.5, 0.6) is 17.2 Å². The van der Waals surface area contributed by atoms with Gasteiger partial charge in [0.05, 0.1) is 29.6 Å². The monoisotopic (exact) mass is 594 g/mol. The molecule has 0 atom stereocenters. The zero-order valence-corrected chi connectivity index (χ0v) is 20.6. The van der Waals surface area contributed by atoms with Gasteiger partial charge in [-0.25, -0.2) is 5.43 Å². The average Bonchev–Trinajstić information content (AvgIpc) is 2.79. The molecular weight excluding hydrogens is 575 g/mol. The van der Waals surface area contributed by atoms with E-state index >= 15 is 0 Å². The molecule has 0 unspecified atom stereocenters. The number of para-hydroxylation sites is 1. The molecule has 3 aromatic carbocycles.